The maximum absolute atomic E-state index is 12.7. The van der Waals surface area contributed by atoms with Crippen LogP contribution in [0.1, 0.15) is 29.8 Å². The van der Waals surface area contributed by atoms with E-state index in [-0.39, 0.29) is 5.91 Å². The van der Waals surface area contributed by atoms with Crippen LogP contribution in [0.2, 0.25) is 0 Å². The van der Waals surface area contributed by atoms with Crippen molar-refractivity contribution in [1.29, 1.82) is 0 Å². The Kier molecular flexibility index (Phi) is 8.57. The SMILES string of the molecule is CCOCCN(CCOCC)C(=O)c1cccc(C)c1Br. The molecule has 0 aromatic heterocycles. The second kappa shape index (κ2) is 9.92. The van der Waals surface area contributed by atoms with Crippen LogP contribution in [0.4, 0.5) is 0 Å². The summed E-state index contributed by atoms with van der Waals surface area (Å²) in [7, 11) is 0. The van der Waals surface area contributed by atoms with Gasteiger partial charge in [0.15, 0.2) is 0 Å². The minimum atomic E-state index is 0.00461. The largest absolute Gasteiger partial charge is 0.380 e. The minimum Gasteiger partial charge on any atom is -0.380 e. The molecule has 1 aromatic carbocycles. The van der Waals surface area contributed by atoms with E-state index >= 15 is 0 Å². The van der Waals surface area contributed by atoms with E-state index in [1.165, 1.54) is 0 Å². The topological polar surface area (TPSA) is 38.8 Å². The van der Waals surface area contributed by atoms with Crippen LogP contribution in [-0.2, 0) is 9.47 Å². The number of rotatable bonds is 9. The van der Waals surface area contributed by atoms with E-state index in [1.54, 1.807) is 4.90 Å². The Morgan fingerprint density at radius 1 is 1.14 bits per heavy atom. The first-order valence-electron chi connectivity index (χ1n) is 7.31. The van der Waals surface area contributed by atoms with Crippen LogP contribution in [0.15, 0.2) is 22.7 Å². The van der Waals surface area contributed by atoms with Crippen LogP contribution < -0.4 is 0 Å². The third-order valence-electron chi connectivity index (χ3n) is 3.13. The van der Waals surface area contributed by atoms with Gasteiger partial charge in [-0.05, 0) is 48.3 Å². The molecule has 0 saturated heterocycles. The van der Waals surface area contributed by atoms with Crippen molar-refractivity contribution in [3.63, 3.8) is 0 Å². The molecule has 1 rings (SSSR count). The van der Waals surface area contributed by atoms with Gasteiger partial charge in [-0.15, -0.1) is 0 Å². The van der Waals surface area contributed by atoms with E-state index in [4.69, 9.17) is 9.47 Å². The molecule has 0 fully saturated rings. The van der Waals surface area contributed by atoms with Gasteiger partial charge in [0.05, 0.1) is 18.8 Å². The summed E-state index contributed by atoms with van der Waals surface area (Å²) >= 11 is 3.50. The monoisotopic (exact) mass is 357 g/mol. The Morgan fingerprint density at radius 3 is 2.24 bits per heavy atom. The van der Waals surface area contributed by atoms with Crippen molar-refractivity contribution < 1.29 is 14.3 Å². The van der Waals surface area contributed by atoms with Gasteiger partial charge in [-0.3, -0.25) is 4.79 Å². The third kappa shape index (κ3) is 5.77. The number of aryl methyl sites for hydroxylation is 1. The van der Waals surface area contributed by atoms with Crippen molar-refractivity contribution >= 4 is 21.8 Å². The van der Waals surface area contributed by atoms with Crippen LogP contribution in [0.5, 0.6) is 0 Å². The maximum Gasteiger partial charge on any atom is 0.255 e. The predicted molar refractivity (Wildman–Crippen MR) is 87.8 cm³/mol. The third-order valence-corrected chi connectivity index (χ3v) is 4.18. The summed E-state index contributed by atoms with van der Waals surface area (Å²) in [6.07, 6.45) is 0. The van der Waals surface area contributed by atoms with E-state index in [0.717, 1.165) is 10.0 Å². The zero-order chi connectivity index (χ0) is 15.7. The van der Waals surface area contributed by atoms with Crippen molar-refractivity contribution in [2.24, 2.45) is 0 Å². The molecule has 0 spiro atoms. The lowest BCUT2D eigenvalue weighted by Crippen LogP contribution is -2.37. The molecule has 0 N–H and O–H groups in total. The first kappa shape index (κ1) is 18.1. The molecule has 4 nitrogen and oxygen atoms in total. The second-order valence-corrected chi connectivity index (χ2v) is 5.42. The molecule has 1 amide bonds. The fourth-order valence-electron chi connectivity index (χ4n) is 1.94. The molecule has 0 unspecified atom stereocenters. The smallest absolute Gasteiger partial charge is 0.255 e. The van der Waals surface area contributed by atoms with Gasteiger partial charge in [-0.25, -0.2) is 0 Å². The Hall–Kier alpha value is -0.910. The fourth-order valence-corrected chi connectivity index (χ4v) is 2.37. The van der Waals surface area contributed by atoms with Crippen LogP contribution in [0, 0.1) is 6.92 Å². The highest BCUT2D eigenvalue weighted by atomic mass is 79.9. The summed E-state index contributed by atoms with van der Waals surface area (Å²) in [5.41, 5.74) is 1.73. The lowest BCUT2D eigenvalue weighted by atomic mass is 10.1. The molecular weight excluding hydrogens is 334 g/mol. The highest BCUT2D eigenvalue weighted by Gasteiger charge is 2.18. The quantitative estimate of drug-likeness (QED) is 0.636. The molecular formula is C16H24BrNO3. The van der Waals surface area contributed by atoms with Crippen LogP contribution in [0.3, 0.4) is 0 Å². The number of hydrogen-bond acceptors (Lipinski definition) is 3. The van der Waals surface area contributed by atoms with Crippen molar-refractivity contribution in [1.82, 2.24) is 4.90 Å². The van der Waals surface area contributed by atoms with Crippen LogP contribution in [-0.4, -0.2) is 50.3 Å². The second-order valence-electron chi connectivity index (χ2n) is 4.62. The molecule has 0 atom stereocenters. The van der Waals surface area contributed by atoms with E-state index in [2.05, 4.69) is 15.9 Å². The Labute approximate surface area is 135 Å². The van der Waals surface area contributed by atoms with Crippen molar-refractivity contribution in [2.45, 2.75) is 20.8 Å². The Morgan fingerprint density at radius 2 is 1.71 bits per heavy atom. The fraction of sp³-hybridized carbons (Fsp3) is 0.562. The van der Waals surface area contributed by atoms with Crippen LogP contribution in [0.25, 0.3) is 0 Å². The van der Waals surface area contributed by atoms with Gasteiger partial charge in [0.1, 0.15) is 0 Å². The average Bonchev–Trinajstić information content (AvgIpc) is 2.48. The molecule has 118 valence electrons. The van der Waals surface area contributed by atoms with Crippen LogP contribution >= 0.6 is 15.9 Å². The maximum atomic E-state index is 12.7. The lowest BCUT2D eigenvalue weighted by Gasteiger charge is -2.23. The summed E-state index contributed by atoms with van der Waals surface area (Å²) in [5, 5.41) is 0. The van der Waals surface area contributed by atoms with Gasteiger partial charge in [-0.1, -0.05) is 12.1 Å². The van der Waals surface area contributed by atoms with Crippen molar-refractivity contribution in [3.8, 4) is 0 Å². The van der Waals surface area contributed by atoms with Gasteiger partial charge in [0.25, 0.3) is 5.91 Å². The van der Waals surface area contributed by atoms with Gasteiger partial charge in [-0.2, -0.15) is 0 Å². The number of benzene rings is 1. The van der Waals surface area contributed by atoms with E-state index < -0.39 is 0 Å². The number of nitrogens with zero attached hydrogens (tertiary/aromatic N) is 1. The molecule has 5 heteroatoms. The van der Waals surface area contributed by atoms with Gasteiger partial charge < -0.3 is 14.4 Å². The molecule has 0 saturated carbocycles. The molecule has 0 aliphatic rings. The normalized spacial score (nSPS) is 10.7. The number of amides is 1. The molecule has 0 aliphatic heterocycles. The van der Waals surface area contributed by atoms with Crippen molar-refractivity contribution in [2.75, 3.05) is 39.5 Å². The summed E-state index contributed by atoms with van der Waals surface area (Å²) in [5.74, 6) is 0.00461. The first-order valence-corrected chi connectivity index (χ1v) is 8.11. The summed E-state index contributed by atoms with van der Waals surface area (Å²) in [4.78, 5) is 14.5. The number of halogens is 1. The lowest BCUT2D eigenvalue weighted by molar-refractivity contribution is 0.0549. The Balaban J connectivity index is 2.79. The highest BCUT2D eigenvalue weighted by molar-refractivity contribution is 9.10. The molecule has 0 radical (unpaired) electrons. The highest BCUT2D eigenvalue weighted by Crippen LogP contribution is 2.22. The summed E-state index contributed by atoms with van der Waals surface area (Å²) in [6, 6.07) is 5.72. The number of hydrogen-bond donors (Lipinski definition) is 0. The Bertz CT molecular complexity index is 441. The van der Waals surface area contributed by atoms with Gasteiger partial charge >= 0.3 is 0 Å². The zero-order valence-electron chi connectivity index (χ0n) is 13.0. The first-order chi connectivity index (χ1) is 10.1. The molecule has 0 bridgehead atoms. The van der Waals surface area contributed by atoms with E-state index in [9.17, 15) is 4.79 Å². The summed E-state index contributed by atoms with van der Waals surface area (Å²) < 4.78 is 11.6. The molecule has 21 heavy (non-hydrogen) atoms. The molecule has 0 aliphatic carbocycles. The zero-order valence-corrected chi connectivity index (χ0v) is 14.6. The summed E-state index contributed by atoms with van der Waals surface area (Å²) in [6.45, 7) is 9.40. The molecule has 0 heterocycles. The number of ether oxygens (including phenoxy) is 2. The van der Waals surface area contributed by atoms with E-state index in [0.29, 0.717) is 45.1 Å². The van der Waals surface area contributed by atoms with Gasteiger partial charge in [0, 0.05) is 30.8 Å². The predicted octanol–water partition coefficient (Wildman–Crippen LogP) is 3.27. The average molecular weight is 358 g/mol. The van der Waals surface area contributed by atoms with Crippen molar-refractivity contribution in [3.05, 3.63) is 33.8 Å². The van der Waals surface area contributed by atoms with Gasteiger partial charge in [0.2, 0.25) is 0 Å². The number of carbonyl (C=O) groups excluding carboxylic acids is 1. The molecule has 1 aromatic rings. The standard InChI is InChI=1S/C16H24BrNO3/c1-4-20-11-9-18(10-12-21-5-2)16(19)14-8-6-7-13(3)15(14)17/h6-8H,4-5,9-12H2,1-3H3. The number of carbonyl (C=O) groups is 1. The van der Waals surface area contributed by atoms with E-state index in [1.807, 2.05) is 39.0 Å². The minimum absolute atomic E-state index is 0.00461.